The quantitative estimate of drug-likeness (QED) is 0.760. The Kier molecular flexibility index (Phi) is 4.89. The second kappa shape index (κ2) is 6.54. The van der Waals surface area contributed by atoms with Gasteiger partial charge in [0.2, 0.25) is 0 Å². The third kappa shape index (κ3) is 3.98. The maximum Gasteiger partial charge on any atom is 0.255 e. The molecule has 0 saturated heterocycles. The zero-order valence-corrected chi connectivity index (χ0v) is 13.8. The number of aliphatic hydroxyl groups is 1. The molecule has 0 bridgehead atoms. The van der Waals surface area contributed by atoms with Gasteiger partial charge in [-0.05, 0) is 39.8 Å². The summed E-state index contributed by atoms with van der Waals surface area (Å²) in [6.45, 7) is 6.39. The molecule has 1 atom stereocenters. The Hall–Kier alpha value is -2.15. The Morgan fingerprint density at radius 3 is 2.78 bits per heavy atom. The third-order valence-corrected chi connectivity index (χ3v) is 3.45. The molecule has 0 aliphatic carbocycles. The number of hydrogen-bond donors (Lipinski definition) is 3. The molecule has 3 N–H and O–H groups in total. The zero-order valence-electron chi connectivity index (χ0n) is 13.8. The normalized spacial score (nSPS) is 13.3. The number of carbonyl (C=O) groups is 1. The van der Waals surface area contributed by atoms with Gasteiger partial charge in [-0.1, -0.05) is 0 Å². The van der Waals surface area contributed by atoms with Gasteiger partial charge < -0.3 is 15.7 Å². The lowest BCUT2D eigenvalue weighted by Crippen LogP contribution is -2.42. The predicted octanol–water partition coefficient (Wildman–Crippen LogP) is 1.99. The van der Waals surface area contributed by atoms with E-state index in [2.05, 4.69) is 15.7 Å². The molecule has 0 spiro atoms. The largest absolute Gasteiger partial charge is 0.387 e. The molecule has 2 rings (SSSR count). The van der Waals surface area contributed by atoms with E-state index in [1.54, 1.807) is 10.7 Å². The van der Waals surface area contributed by atoms with Crippen molar-refractivity contribution in [3.8, 4) is 0 Å². The smallest absolute Gasteiger partial charge is 0.255 e. The standard InChI is InChI=1S/C16H23FN4O2/c1-10(2)20-14-11(8-19-21-7-5-6-12(14)21)15(22)18-9-13(17)16(3,4)23/h5-8,10,13,20,23H,9H2,1-4H3,(H,18,22)/t13-/m1/s1. The lowest BCUT2D eigenvalue weighted by molar-refractivity contribution is -0.00177. The van der Waals surface area contributed by atoms with E-state index in [4.69, 9.17) is 0 Å². The van der Waals surface area contributed by atoms with Crippen LogP contribution in [-0.4, -0.2) is 45.0 Å². The van der Waals surface area contributed by atoms with Crippen LogP contribution in [0.1, 0.15) is 38.1 Å². The first-order valence-corrected chi connectivity index (χ1v) is 7.57. The fourth-order valence-electron chi connectivity index (χ4n) is 2.13. The van der Waals surface area contributed by atoms with Crippen molar-refractivity contribution in [1.82, 2.24) is 14.9 Å². The average molecular weight is 322 g/mol. The van der Waals surface area contributed by atoms with Crippen molar-refractivity contribution >= 4 is 17.1 Å². The fourth-order valence-corrected chi connectivity index (χ4v) is 2.13. The van der Waals surface area contributed by atoms with Crippen molar-refractivity contribution in [3.63, 3.8) is 0 Å². The number of nitrogens with zero attached hydrogens (tertiary/aromatic N) is 2. The SMILES string of the molecule is CC(C)Nc1c(C(=O)NC[C@@H](F)C(C)(C)O)cnn2cccc12. The second-order valence-electron chi connectivity index (χ2n) is 6.40. The number of carbonyl (C=O) groups excluding carboxylic acids is 1. The zero-order chi connectivity index (χ0) is 17.2. The van der Waals surface area contributed by atoms with Crippen LogP contribution in [0.2, 0.25) is 0 Å². The number of halogens is 1. The summed E-state index contributed by atoms with van der Waals surface area (Å²) in [7, 11) is 0. The minimum Gasteiger partial charge on any atom is -0.387 e. The number of hydrogen-bond acceptors (Lipinski definition) is 4. The van der Waals surface area contributed by atoms with E-state index in [-0.39, 0.29) is 12.6 Å². The van der Waals surface area contributed by atoms with Crippen LogP contribution in [0.3, 0.4) is 0 Å². The minimum absolute atomic E-state index is 0.118. The van der Waals surface area contributed by atoms with E-state index in [1.807, 2.05) is 26.0 Å². The molecule has 0 unspecified atom stereocenters. The number of amides is 1. The highest BCUT2D eigenvalue weighted by atomic mass is 19.1. The molecular formula is C16H23FN4O2. The molecule has 2 aromatic rings. The van der Waals surface area contributed by atoms with Crippen molar-refractivity contribution in [1.29, 1.82) is 0 Å². The molecule has 2 heterocycles. The van der Waals surface area contributed by atoms with Crippen LogP contribution in [0.4, 0.5) is 10.1 Å². The van der Waals surface area contributed by atoms with Gasteiger partial charge in [0.1, 0.15) is 6.17 Å². The summed E-state index contributed by atoms with van der Waals surface area (Å²) in [6, 6.07) is 3.80. The number of alkyl halides is 1. The van der Waals surface area contributed by atoms with Gasteiger partial charge in [0, 0.05) is 12.2 Å². The van der Waals surface area contributed by atoms with Crippen LogP contribution in [0.15, 0.2) is 24.5 Å². The highest BCUT2D eigenvalue weighted by Gasteiger charge is 2.27. The Balaban J connectivity index is 2.25. The molecule has 2 aromatic heterocycles. The average Bonchev–Trinajstić information content (AvgIpc) is 2.92. The summed E-state index contributed by atoms with van der Waals surface area (Å²) >= 11 is 0. The van der Waals surface area contributed by atoms with Gasteiger partial charge in [-0.3, -0.25) is 4.79 Å². The Bertz CT molecular complexity index is 691. The fraction of sp³-hybridized carbons (Fsp3) is 0.500. The van der Waals surface area contributed by atoms with E-state index in [9.17, 15) is 14.3 Å². The molecule has 0 saturated carbocycles. The molecule has 0 radical (unpaired) electrons. The summed E-state index contributed by atoms with van der Waals surface area (Å²) in [5.41, 5.74) is 0.255. The van der Waals surface area contributed by atoms with Crippen molar-refractivity contribution in [2.75, 3.05) is 11.9 Å². The van der Waals surface area contributed by atoms with Gasteiger partial charge in [0.25, 0.3) is 5.91 Å². The van der Waals surface area contributed by atoms with Gasteiger partial charge >= 0.3 is 0 Å². The highest BCUT2D eigenvalue weighted by Crippen LogP contribution is 2.23. The van der Waals surface area contributed by atoms with Crippen molar-refractivity contribution < 1.29 is 14.3 Å². The molecule has 0 aliphatic heterocycles. The van der Waals surface area contributed by atoms with Gasteiger partial charge in [-0.25, -0.2) is 8.91 Å². The summed E-state index contributed by atoms with van der Waals surface area (Å²) in [4.78, 5) is 12.4. The van der Waals surface area contributed by atoms with Crippen LogP contribution in [0, 0.1) is 0 Å². The molecule has 0 aliphatic rings. The summed E-state index contributed by atoms with van der Waals surface area (Å²) in [5.74, 6) is -0.434. The minimum atomic E-state index is -1.56. The van der Waals surface area contributed by atoms with E-state index >= 15 is 0 Å². The van der Waals surface area contributed by atoms with Gasteiger partial charge in [0.05, 0.1) is 35.1 Å². The first-order chi connectivity index (χ1) is 10.7. The number of nitrogens with one attached hydrogen (secondary N) is 2. The number of fused-ring (bicyclic) bond motifs is 1. The third-order valence-electron chi connectivity index (χ3n) is 3.45. The van der Waals surface area contributed by atoms with Crippen molar-refractivity contribution in [2.45, 2.75) is 45.5 Å². The van der Waals surface area contributed by atoms with Gasteiger partial charge in [-0.15, -0.1) is 0 Å². The Labute approximate surface area is 134 Å². The lowest BCUT2D eigenvalue weighted by Gasteiger charge is -2.23. The number of anilines is 1. The maximum absolute atomic E-state index is 13.8. The molecule has 126 valence electrons. The Morgan fingerprint density at radius 2 is 2.17 bits per heavy atom. The molecular weight excluding hydrogens is 299 g/mol. The van der Waals surface area contributed by atoms with E-state index in [1.165, 1.54) is 20.0 Å². The van der Waals surface area contributed by atoms with Crippen LogP contribution >= 0.6 is 0 Å². The first-order valence-electron chi connectivity index (χ1n) is 7.57. The summed E-state index contributed by atoms with van der Waals surface area (Å²) in [5, 5.41) is 19.5. The topological polar surface area (TPSA) is 78.7 Å². The van der Waals surface area contributed by atoms with Gasteiger partial charge in [0.15, 0.2) is 0 Å². The molecule has 0 fully saturated rings. The molecule has 7 heteroatoms. The number of aromatic nitrogens is 2. The van der Waals surface area contributed by atoms with Crippen LogP contribution in [0.25, 0.3) is 5.52 Å². The Morgan fingerprint density at radius 1 is 1.48 bits per heavy atom. The van der Waals surface area contributed by atoms with Crippen LogP contribution in [-0.2, 0) is 0 Å². The van der Waals surface area contributed by atoms with Crippen LogP contribution in [0.5, 0.6) is 0 Å². The van der Waals surface area contributed by atoms with E-state index in [0.717, 1.165) is 5.52 Å². The van der Waals surface area contributed by atoms with E-state index in [0.29, 0.717) is 11.3 Å². The van der Waals surface area contributed by atoms with Crippen LogP contribution < -0.4 is 10.6 Å². The summed E-state index contributed by atoms with van der Waals surface area (Å²) in [6.07, 6.45) is 1.68. The predicted molar refractivity (Wildman–Crippen MR) is 87.5 cm³/mol. The van der Waals surface area contributed by atoms with Crippen molar-refractivity contribution in [2.24, 2.45) is 0 Å². The summed E-state index contributed by atoms with van der Waals surface area (Å²) < 4.78 is 15.5. The molecule has 23 heavy (non-hydrogen) atoms. The maximum atomic E-state index is 13.8. The molecule has 1 amide bonds. The number of rotatable bonds is 6. The highest BCUT2D eigenvalue weighted by molar-refractivity contribution is 6.02. The first kappa shape index (κ1) is 17.2. The van der Waals surface area contributed by atoms with Crippen molar-refractivity contribution in [3.05, 3.63) is 30.1 Å². The van der Waals surface area contributed by atoms with Gasteiger partial charge in [-0.2, -0.15) is 5.10 Å². The molecule has 6 nitrogen and oxygen atoms in total. The monoisotopic (exact) mass is 322 g/mol. The molecule has 0 aromatic carbocycles. The van der Waals surface area contributed by atoms with E-state index < -0.39 is 17.7 Å². The lowest BCUT2D eigenvalue weighted by atomic mass is 10.0. The second-order valence-corrected chi connectivity index (χ2v) is 6.40.